The minimum Gasteiger partial charge on any atom is -0.397 e. The maximum atomic E-state index is 12.4. The Morgan fingerprint density at radius 1 is 1.67 bits per heavy atom. The van der Waals surface area contributed by atoms with Crippen LogP contribution in [0.25, 0.3) is 10.1 Å². The Morgan fingerprint density at radius 3 is 3.19 bits per heavy atom. The van der Waals surface area contributed by atoms with Gasteiger partial charge in [-0.05, 0) is 6.07 Å². The molecule has 1 aliphatic heterocycles. The van der Waals surface area contributed by atoms with Crippen molar-refractivity contribution in [2.45, 2.75) is 12.0 Å². The molecule has 3 rings (SSSR count). The highest BCUT2D eigenvalue weighted by molar-refractivity contribution is 7.21. The van der Waals surface area contributed by atoms with E-state index in [0.717, 1.165) is 16.5 Å². The van der Waals surface area contributed by atoms with Crippen LogP contribution in [0.1, 0.15) is 16.1 Å². The molecule has 1 fully saturated rings. The van der Waals surface area contributed by atoms with Gasteiger partial charge in [-0.25, -0.2) is 0 Å². The van der Waals surface area contributed by atoms with Crippen molar-refractivity contribution in [3.63, 3.8) is 0 Å². The molecular weight excluding hydrogens is 290 g/mol. The summed E-state index contributed by atoms with van der Waals surface area (Å²) in [6.07, 6.45) is 4.16. The van der Waals surface area contributed by atoms with Gasteiger partial charge < -0.3 is 20.5 Å². The van der Waals surface area contributed by atoms with Gasteiger partial charge in [0, 0.05) is 44.5 Å². The van der Waals surface area contributed by atoms with Crippen molar-refractivity contribution in [2.75, 3.05) is 32.6 Å². The SMILES string of the molecule is COC1(CNC(=O)c2sc3cnccc3c2N)CCOC1. The fourth-order valence-electron chi connectivity index (χ4n) is 2.42. The van der Waals surface area contributed by atoms with E-state index < -0.39 is 5.60 Å². The lowest BCUT2D eigenvalue weighted by atomic mass is 10.0. The third kappa shape index (κ3) is 2.59. The molecule has 112 valence electrons. The quantitative estimate of drug-likeness (QED) is 0.892. The number of methoxy groups -OCH3 is 1. The maximum Gasteiger partial charge on any atom is 0.263 e. The number of carbonyl (C=O) groups is 1. The fourth-order valence-corrected chi connectivity index (χ4v) is 3.43. The Labute approximate surface area is 126 Å². The Morgan fingerprint density at radius 2 is 2.52 bits per heavy atom. The molecule has 7 heteroatoms. The average molecular weight is 307 g/mol. The number of nitrogens with zero attached hydrogens (tertiary/aromatic N) is 1. The summed E-state index contributed by atoms with van der Waals surface area (Å²) < 4.78 is 11.8. The number of hydrogen-bond donors (Lipinski definition) is 2. The fraction of sp³-hybridized carbons (Fsp3) is 0.429. The van der Waals surface area contributed by atoms with Crippen molar-refractivity contribution in [1.29, 1.82) is 0 Å². The summed E-state index contributed by atoms with van der Waals surface area (Å²) in [7, 11) is 1.64. The van der Waals surface area contributed by atoms with Gasteiger partial charge in [0.1, 0.15) is 10.5 Å². The first-order valence-electron chi connectivity index (χ1n) is 6.68. The van der Waals surface area contributed by atoms with Gasteiger partial charge in [0.2, 0.25) is 0 Å². The summed E-state index contributed by atoms with van der Waals surface area (Å²) in [5.74, 6) is -0.183. The lowest BCUT2D eigenvalue weighted by Crippen LogP contribution is -2.44. The minimum atomic E-state index is -0.428. The number of anilines is 1. The molecule has 0 aliphatic carbocycles. The molecule has 3 N–H and O–H groups in total. The van der Waals surface area contributed by atoms with Crippen LogP contribution in [-0.2, 0) is 9.47 Å². The Bertz CT molecular complexity index is 665. The average Bonchev–Trinajstić information content (AvgIpc) is 3.11. The van der Waals surface area contributed by atoms with Gasteiger partial charge in [-0.2, -0.15) is 0 Å². The highest BCUT2D eigenvalue weighted by atomic mass is 32.1. The molecule has 1 saturated heterocycles. The Kier molecular flexibility index (Phi) is 3.79. The van der Waals surface area contributed by atoms with Gasteiger partial charge in [0.25, 0.3) is 5.91 Å². The number of carbonyl (C=O) groups excluding carboxylic acids is 1. The molecule has 1 amide bonds. The number of thiophene rings is 1. The van der Waals surface area contributed by atoms with Crippen molar-refractivity contribution >= 4 is 33.0 Å². The van der Waals surface area contributed by atoms with Crippen LogP contribution in [0.15, 0.2) is 18.5 Å². The zero-order valence-electron chi connectivity index (χ0n) is 11.7. The molecule has 3 heterocycles. The van der Waals surface area contributed by atoms with E-state index in [1.54, 1.807) is 19.5 Å². The first-order valence-corrected chi connectivity index (χ1v) is 7.50. The molecule has 0 aromatic carbocycles. The molecule has 21 heavy (non-hydrogen) atoms. The van der Waals surface area contributed by atoms with Gasteiger partial charge >= 0.3 is 0 Å². The standard InChI is InChI=1S/C14H17N3O3S/c1-19-14(3-5-20-8-14)7-17-13(18)12-11(15)9-2-4-16-6-10(9)21-12/h2,4,6H,3,5,7-8,15H2,1H3,(H,17,18). The first kappa shape index (κ1) is 14.2. The van der Waals surface area contributed by atoms with E-state index in [2.05, 4.69) is 10.3 Å². The summed E-state index contributed by atoms with van der Waals surface area (Å²) in [5.41, 5.74) is 6.13. The smallest absolute Gasteiger partial charge is 0.263 e. The van der Waals surface area contributed by atoms with Crippen LogP contribution < -0.4 is 11.1 Å². The van der Waals surface area contributed by atoms with Gasteiger partial charge in [-0.15, -0.1) is 11.3 Å². The molecule has 0 spiro atoms. The molecule has 2 aromatic rings. The number of hydrogen-bond acceptors (Lipinski definition) is 6. The molecule has 1 aliphatic rings. The van der Waals surface area contributed by atoms with E-state index in [1.807, 2.05) is 6.07 Å². The molecule has 0 bridgehead atoms. The highest BCUT2D eigenvalue weighted by Gasteiger charge is 2.35. The zero-order valence-corrected chi connectivity index (χ0v) is 12.5. The van der Waals surface area contributed by atoms with Crippen LogP contribution >= 0.6 is 11.3 Å². The van der Waals surface area contributed by atoms with E-state index in [4.69, 9.17) is 15.2 Å². The van der Waals surface area contributed by atoms with E-state index >= 15 is 0 Å². The second-order valence-electron chi connectivity index (χ2n) is 5.09. The summed E-state index contributed by atoms with van der Waals surface area (Å²) in [6, 6.07) is 1.82. The van der Waals surface area contributed by atoms with Crippen LogP contribution in [0.5, 0.6) is 0 Å². The van der Waals surface area contributed by atoms with Gasteiger partial charge in [0.15, 0.2) is 0 Å². The number of amides is 1. The normalized spacial score (nSPS) is 21.8. The largest absolute Gasteiger partial charge is 0.397 e. The predicted molar refractivity (Wildman–Crippen MR) is 81.5 cm³/mol. The van der Waals surface area contributed by atoms with Crippen molar-refractivity contribution < 1.29 is 14.3 Å². The predicted octanol–water partition coefficient (Wildman–Crippen LogP) is 1.41. The minimum absolute atomic E-state index is 0.183. The summed E-state index contributed by atoms with van der Waals surface area (Å²) in [4.78, 5) is 16.9. The number of rotatable bonds is 4. The number of nitrogens with one attached hydrogen (secondary N) is 1. The van der Waals surface area contributed by atoms with Crippen molar-refractivity contribution in [3.8, 4) is 0 Å². The molecule has 2 aromatic heterocycles. The van der Waals surface area contributed by atoms with E-state index in [9.17, 15) is 4.79 Å². The van der Waals surface area contributed by atoms with Crippen molar-refractivity contribution in [1.82, 2.24) is 10.3 Å². The second kappa shape index (κ2) is 5.59. The van der Waals surface area contributed by atoms with E-state index in [-0.39, 0.29) is 5.91 Å². The third-order valence-corrected chi connectivity index (χ3v) is 4.96. The summed E-state index contributed by atoms with van der Waals surface area (Å²) >= 11 is 1.35. The van der Waals surface area contributed by atoms with Crippen molar-refractivity contribution in [2.24, 2.45) is 0 Å². The number of aromatic nitrogens is 1. The van der Waals surface area contributed by atoms with E-state index in [1.165, 1.54) is 11.3 Å². The lowest BCUT2D eigenvalue weighted by Gasteiger charge is -2.25. The Hall–Kier alpha value is -1.70. The summed E-state index contributed by atoms with van der Waals surface area (Å²) in [6.45, 7) is 1.56. The van der Waals surface area contributed by atoms with Crippen LogP contribution in [0.2, 0.25) is 0 Å². The van der Waals surface area contributed by atoms with Crippen LogP contribution in [0, 0.1) is 0 Å². The maximum absolute atomic E-state index is 12.4. The van der Waals surface area contributed by atoms with Gasteiger partial charge in [0.05, 0.1) is 17.0 Å². The lowest BCUT2D eigenvalue weighted by molar-refractivity contribution is -0.0148. The monoisotopic (exact) mass is 307 g/mol. The van der Waals surface area contributed by atoms with Gasteiger partial charge in [-0.3, -0.25) is 9.78 Å². The van der Waals surface area contributed by atoms with Crippen LogP contribution in [0.4, 0.5) is 5.69 Å². The van der Waals surface area contributed by atoms with Crippen LogP contribution in [-0.4, -0.2) is 43.4 Å². The molecule has 1 atom stereocenters. The number of fused-ring (bicyclic) bond motifs is 1. The second-order valence-corrected chi connectivity index (χ2v) is 6.14. The van der Waals surface area contributed by atoms with E-state index in [0.29, 0.717) is 30.3 Å². The number of nitrogen functional groups attached to an aromatic ring is 1. The molecule has 1 unspecified atom stereocenters. The number of pyridine rings is 1. The topological polar surface area (TPSA) is 86.5 Å². The summed E-state index contributed by atoms with van der Waals surface area (Å²) in [5, 5.41) is 3.77. The first-order chi connectivity index (χ1) is 10.2. The molecular formula is C14H17N3O3S. The van der Waals surface area contributed by atoms with Crippen molar-refractivity contribution in [3.05, 3.63) is 23.3 Å². The number of ether oxygens (including phenoxy) is 2. The van der Waals surface area contributed by atoms with Gasteiger partial charge in [-0.1, -0.05) is 0 Å². The third-order valence-electron chi connectivity index (χ3n) is 3.81. The molecule has 0 saturated carbocycles. The Balaban J connectivity index is 1.76. The molecule has 6 nitrogen and oxygen atoms in total. The number of nitrogens with two attached hydrogens (primary N) is 1. The zero-order chi connectivity index (χ0) is 14.9. The van der Waals surface area contributed by atoms with Crippen LogP contribution in [0.3, 0.4) is 0 Å². The highest BCUT2D eigenvalue weighted by Crippen LogP contribution is 2.32. The molecule has 0 radical (unpaired) electrons.